The van der Waals surface area contributed by atoms with E-state index in [4.69, 9.17) is 4.74 Å². The van der Waals surface area contributed by atoms with Gasteiger partial charge < -0.3 is 14.7 Å². The van der Waals surface area contributed by atoms with Gasteiger partial charge in [-0.2, -0.15) is 158 Å². The van der Waals surface area contributed by atoms with Crippen molar-refractivity contribution in [2.75, 3.05) is 6.54 Å². The largest absolute Gasteiger partial charge is 0.460 e. The number of ether oxygens (including phenoxy) is 1. The van der Waals surface area contributed by atoms with Gasteiger partial charge in [-0.1, -0.05) is 0 Å². The van der Waals surface area contributed by atoms with E-state index in [-0.39, 0.29) is 0 Å². The predicted octanol–water partition coefficient (Wildman–Crippen LogP) is 16.0. The zero-order chi connectivity index (χ0) is 62.3. The fraction of sp³-hybridized carbons (Fsp3) is 0.658. The number of aliphatic hydroxyl groups is 1. The minimum Gasteiger partial charge on any atom is -0.444 e. The van der Waals surface area contributed by atoms with Crippen molar-refractivity contribution >= 4 is 6.09 Å². The minimum absolute atomic E-state index is 0.520. The highest BCUT2D eigenvalue weighted by atomic mass is 19.5. The fourth-order valence-corrected chi connectivity index (χ4v) is 6.94. The second-order valence-corrected chi connectivity index (χ2v) is 17.6. The summed E-state index contributed by atoms with van der Waals surface area (Å²) in [6.45, 7) is 0.827. The normalized spacial score (nSPS) is 17.7. The summed E-state index contributed by atoms with van der Waals surface area (Å²) in [6.07, 6.45) is -37.7. The first-order valence-electron chi connectivity index (χ1n) is 19.6. The first-order valence-corrected chi connectivity index (χ1v) is 19.6. The summed E-state index contributed by atoms with van der Waals surface area (Å²) in [7, 11) is 0. The third-order valence-corrected chi connectivity index (χ3v) is 11.1. The Hall–Kier alpha value is -4.85. The molecule has 1 aliphatic heterocycles. The van der Waals surface area contributed by atoms with Gasteiger partial charge in [-0.15, -0.1) is 0 Å². The summed E-state index contributed by atoms with van der Waals surface area (Å²) in [5.41, 5.74) is -31.2. The first kappa shape index (κ1) is 67.4. The number of halogens is 36. The van der Waals surface area contributed by atoms with Crippen LogP contribution in [0.25, 0.3) is 0 Å². The van der Waals surface area contributed by atoms with Crippen LogP contribution < -0.4 is 0 Å². The summed E-state index contributed by atoms with van der Waals surface area (Å²) in [5.74, 6) is -99.6. The smallest absolute Gasteiger partial charge is 0.444 e. The number of likely N-dealkylation sites (tertiary alicyclic amines) is 1. The van der Waals surface area contributed by atoms with Crippen LogP contribution in [0.3, 0.4) is 0 Å². The van der Waals surface area contributed by atoms with Crippen molar-refractivity contribution in [2.45, 2.75) is 147 Å². The molecule has 40 heteroatoms. The maximum absolute atomic E-state index is 15.8. The molecule has 1 atom stereocenters. The lowest BCUT2D eigenvalue weighted by molar-refractivity contribution is -0.400. The van der Waals surface area contributed by atoms with E-state index in [9.17, 15) is 133 Å². The maximum atomic E-state index is 15.8. The van der Waals surface area contributed by atoms with E-state index >= 15 is 35.1 Å². The molecule has 2 aromatic rings. The fourth-order valence-electron chi connectivity index (χ4n) is 6.94. The Morgan fingerprint density at radius 3 is 0.782 bits per heavy atom. The molecule has 0 unspecified atom stereocenters. The van der Waals surface area contributed by atoms with Crippen LogP contribution in [0.1, 0.15) is 67.0 Å². The molecule has 1 N–H and O–H groups in total. The summed E-state index contributed by atoms with van der Waals surface area (Å²) in [4.78, 5) is 12.9. The topological polar surface area (TPSA) is 49.8 Å². The van der Waals surface area contributed by atoms with E-state index in [1.807, 2.05) is 0 Å². The van der Waals surface area contributed by atoms with Crippen LogP contribution in [0.4, 0.5) is 163 Å². The molecule has 1 saturated heterocycles. The highest BCUT2D eigenvalue weighted by Crippen LogP contribution is 2.63. The molecule has 450 valence electrons. The molecular weight excluding hydrogens is 1200 g/mol. The number of carbonyl (C=O) groups is 1. The van der Waals surface area contributed by atoms with E-state index in [0.717, 1.165) is 20.8 Å². The van der Waals surface area contributed by atoms with Crippen molar-refractivity contribution in [3.8, 4) is 0 Å². The predicted molar refractivity (Wildman–Crippen MR) is 181 cm³/mol. The monoisotopic (exact) mass is 1230 g/mol. The molecule has 4 nitrogen and oxygen atoms in total. The number of amides is 1. The average Bonchev–Trinajstić information content (AvgIpc) is 3.74. The van der Waals surface area contributed by atoms with Crippen molar-refractivity contribution in [3.63, 3.8) is 0 Å². The number of nitrogens with zero attached hydrogens (tertiary/aromatic N) is 1. The van der Waals surface area contributed by atoms with E-state index in [0.29, 0.717) is 0 Å². The van der Waals surface area contributed by atoms with Gasteiger partial charge in [0.05, 0.1) is 6.04 Å². The summed E-state index contributed by atoms with van der Waals surface area (Å²) >= 11 is 0. The van der Waals surface area contributed by atoms with Crippen LogP contribution >= 0.6 is 0 Å². The minimum atomic E-state index is -8.49. The summed E-state index contributed by atoms with van der Waals surface area (Å²) in [6, 6.07) is -15.0. The zero-order valence-electron chi connectivity index (χ0n) is 37.0. The van der Waals surface area contributed by atoms with E-state index in [1.54, 1.807) is 0 Å². The average molecular weight is 1230 g/mol. The Bertz CT molecular complexity index is 2260. The van der Waals surface area contributed by atoms with Crippen molar-refractivity contribution < 1.29 is 173 Å². The Morgan fingerprint density at radius 1 is 0.385 bits per heavy atom. The van der Waals surface area contributed by atoms with Gasteiger partial charge >= 0.3 is 102 Å². The lowest BCUT2D eigenvalue weighted by Gasteiger charge is -2.42. The third kappa shape index (κ3) is 9.89. The quantitative estimate of drug-likeness (QED) is 0.181. The molecule has 0 aliphatic carbocycles. The maximum Gasteiger partial charge on any atom is 0.460 e. The first-order chi connectivity index (χ1) is 33.7. The van der Waals surface area contributed by atoms with Crippen LogP contribution in [0.2, 0.25) is 0 Å². The molecule has 78 heavy (non-hydrogen) atoms. The second-order valence-electron chi connectivity index (χ2n) is 17.6. The molecular formula is C38H23F36NO3. The van der Waals surface area contributed by atoms with E-state index in [2.05, 4.69) is 0 Å². The lowest BCUT2D eigenvalue weighted by Crippen LogP contribution is -2.60. The molecule has 0 aromatic heterocycles. The van der Waals surface area contributed by atoms with Crippen LogP contribution in [0, 0.1) is 0 Å². The van der Waals surface area contributed by atoms with Crippen molar-refractivity contribution in [1.29, 1.82) is 0 Å². The number of hydrogen-bond donors (Lipinski definition) is 1. The Labute approximate surface area is 407 Å². The molecule has 0 radical (unpaired) electrons. The summed E-state index contributed by atoms with van der Waals surface area (Å²) in [5, 5.41) is 12.4. The van der Waals surface area contributed by atoms with Crippen LogP contribution in [0.15, 0.2) is 36.4 Å². The SMILES string of the molecule is CC(C)(C)OC(=O)N1CCC[C@H]1C(O)(c1cc(C(F)(F)C(F)(F)C(F)(F)C(F)(F)F)cc(C(F)(F)C(F)(F)C(F)(F)C(F)(F)F)c1)c1cc(C(F)(F)C(F)(F)C(F)(F)C(F)(F)F)cc(C(F)(F)C(F)(F)C(F)(F)C(F)(F)F)c1. The third-order valence-electron chi connectivity index (χ3n) is 11.1. The van der Waals surface area contributed by atoms with Crippen molar-refractivity contribution in [2.24, 2.45) is 0 Å². The highest BCUT2D eigenvalue weighted by Gasteiger charge is 2.86. The lowest BCUT2D eigenvalue weighted by atomic mass is 9.74. The number of carbonyl (C=O) groups excluding carboxylic acids is 1. The Morgan fingerprint density at radius 2 is 0.590 bits per heavy atom. The van der Waals surface area contributed by atoms with Gasteiger partial charge in [-0.25, -0.2) is 4.79 Å². The molecule has 0 bridgehead atoms. The molecule has 1 aliphatic rings. The standard InChI is InChI=1S/C38H23F36NO3/c1-21(2,3)78-20(76)75-6-4-5-19(75)22(77,13-7-15(23(39,40)27(47,48)31(55,56)35(63,64)65)11-16(8-13)24(41,42)28(49,50)32(57,58)36(66,67)68)14-9-17(25(43,44)29(51,52)33(59,60)37(69,70)71)12-18(10-14)26(45,46)30(53,54)34(61,62)38(72,73)74/h7-12,19,77H,4-6H2,1-3H3/t19-/m0/s1. The van der Waals surface area contributed by atoms with E-state index in [1.165, 1.54) is 0 Å². The van der Waals surface area contributed by atoms with Crippen molar-refractivity contribution in [3.05, 3.63) is 69.8 Å². The van der Waals surface area contributed by atoms with Gasteiger partial charge in [-0.05, 0) is 81.1 Å². The molecule has 2 aromatic carbocycles. The van der Waals surface area contributed by atoms with Crippen molar-refractivity contribution in [1.82, 2.24) is 4.90 Å². The second kappa shape index (κ2) is 18.6. The zero-order valence-corrected chi connectivity index (χ0v) is 37.0. The molecule has 1 amide bonds. The van der Waals surface area contributed by atoms with Gasteiger partial charge in [0.25, 0.3) is 0 Å². The number of hydrogen-bond acceptors (Lipinski definition) is 3. The van der Waals surface area contributed by atoms with Gasteiger partial charge in [0.2, 0.25) is 0 Å². The number of benzene rings is 2. The van der Waals surface area contributed by atoms with Crippen LogP contribution in [-0.2, 0) is 34.0 Å². The molecule has 3 rings (SSSR count). The number of alkyl halides is 36. The molecule has 0 saturated carbocycles. The molecule has 1 fully saturated rings. The van der Waals surface area contributed by atoms with Gasteiger partial charge in [0.1, 0.15) is 11.2 Å². The van der Waals surface area contributed by atoms with Crippen LogP contribution in [0.5, 0.6) is 0 Å². The van der Waals surface area contributed by atoms with Gasteiger partial charge in [-0.3, -0.25) is 0 Å². The molecule has 0 spiro atoms. The van der Waals surface area contributed by atoms with Gasteiger partial charge in [0.15, 0.2) is 0 Å². The summed E-state index contributed by atoms with van der Waals surface area (Å²) < 4.78 is 522. The Balaban J connectivity index is 3.02. The van der Waals surface area contributed by atoms with Gasteiger partial charge in [0, 0.05) is 28.8 Å². The Kier molecular flexibility index (Phi) is 16.1. The van der Waals surface area contributed by atoms with E-state index < -0.39 is 213 Å². The molecule has 1 heterocycles. The van der Waals surface area contributed by atoms with Crippen LogP contribution in [-0.4, -0.2) is 106 Å². The number of rotatable bonds is 15. The highest BCUT2D eigenvalue weighted by molar-refractivity contribution is 5.70.